The third-order valence-corrected chi connectivity index (χ3v) is 18.1. The van der Waals surface area contributed by atoms with E-state index < -0.39 is 12.1 Å². The van der Waals surface area contributed by atoms with Gasteiger partial charge in [-0.1, -0.05) is 397 Å². The van der Waals surface area contributed by atoms with Crippen LogP contribution in [0.2, 0.25) is 0 Å². The minimum absolute atomic E-state index is 0.00882. The summed E-state index contributed by atoms with van der Waals surface area (Å²) in [6.45, 7) is 4.87. The van der Waals surface area contributed by atoms with Crippen LogP contribution < -0.4 is 5.32 Å². The van der Waals surface area contributed by atoms with Crippen molar-refractivity contribution in [2.75, 3.05) is 13.2 Å². The predicted molar refractivity (Wildman–Crippen MR) is 375 cm³/mol. The van der Waals surface area contributed by atoms with Gasteiger partial charge >= 0.3 is 5.97 Å². The van der Waals surface area contributed by atoms with Gasteiger partial charge in [0, 0.05) is 12.8 Å². The second kappa shape index (κ2) is 74.5. The molecule has 1 amide bonds. The van der Waals surface area contributed by atoms with Crippen LogP contribution in [-0.2, 0) is 14.3 Å². The van der Waals surface area contributed by atoms with Crippen LogP contribution in [0.15, 0.2) is 36.5 Å². The number of carbonyl (C=O) groups excluding carboxylic acids is 2. The maximum Gasteiger partial charge on any atom is 0.305 e. The van der Waals surface area contributed by atoms with Gasteiger partial charge in [-0.25, -0.2) is 0 Å². The zero-order chi connectivity index (χ0) is 61.3. The second-order valence-corrected chi connectivity index (χ2v) is 26.7. The van der Waals surface area contributed by atoms with E-state index in [0.29, 0.717) is 19.4 Å². The molecule has 0 bridgehead atoms. The van der Waals surface area contributed by atoms with Gasteiger partial charge in [0.15, 0.2) is 0 Å². The fraction of sp³-hybridized carbons (Fsp3) is 0.899. The molecule has 0 aromatic heterocycles. The molecule has 0 saturated heterocycles. The van der Waals surface area contributed by atoms with E-state index >= 15 is 0 Å². The minimum atomic E-state index is -0.840. The highest BCUT2D eigenvalue weighted by Crippen LogP contribution is 2.20. The highest BCUT2D eigenvalue weighted by molar-refractivity contribution is 5.76. The molecule has 0 heterocycles. The Bertz CT molecular complexity index is 1380. The molecular weight excluding hydrogens is 1040 g/mol. The Balaban J connectivity index is 3.30. The van der Waals surface area contributed by atoms with E-state index in [9.17, 15) is 19.8 Å². The van der Waals surface area contributed by atoms with Crippen LogP contribution in [0.1, 0.15) is 431 Å². The number of aliphatic hydroxyl groups excluding tert-OH is 2. The van der Waals surface area contributed by atoms with Gasteiger partial charge in [-0.3, -0.25) is 9.59 Å². The number of ether oxygens (including phenoxy) is 1. The maximum atomic E-state index is 12.5. The summed E-state index contributed by atoms with van der Waals surface area (Å²) in [5.41, 5.74) is 0. The van der Waals surface area contributed by atoms with Gasteiger partial charge in [-0.15, -0.1) is 0 Å². The average molecular weight is 1200 g/mol. The first-order valence-corrected chi connectivity index (χ1v) is 38.8. The molecule has 0 aliphatic carbocycles. The van der Waals surface area contributed by atoms with E-state index in [1.54, 1.807) is 6.08 Å². The fourth-order valence-electron chi connectivity index (χ4n) is 12.3. The largest absolute Gasteiger partial charge is 0.466 e. The van der Waals surface area contributed by atoms with E-state index in [2.05, 4.69) is 43.5 Å². The summed E-state index contributed by atoms with van der Waals surface area (Å²) < 4.78 is 5.48. The normalized spacial score (nSPS) is 12.7. The zero-order valence-electron chi connectivity index (χ0n) is 57.6. The Labute approximate surface area is 532 Å². The molecule has 85 heavy (non-hydrogen) atoms. The summed E-state index contributed by atoms with van der Waals surface area (Å²) in [4.78, 5) is 24.6. The van der Waals surface area contributed by atoms with Crippen LogP contribution in [-0.4, -0.2) is 47.4 Å². The molecule has 2 atom stereocenters. The minimum Gasteiger partial charge on any atom is -0.466 e. The van der Waals surface area contributed by atoms with Crippen LogP contribution in [0.4, 0.5) is 0 Å². The number of nitrogens with one attached hydrogen (secondary N) is 1. The van der Waals surface area contributed by atoms with Crippen molar-refractivity contribution in [1.29, 1.82) is 0 Å². The van der Waals surface area contributed by atoms with Gasteiger partial charge < -0.3 is 20.3 Å². The maximum absolute atomic E-state index is 12.5. The molecule has 0 radical (unpaired) electrons. The number of aliphatic hydroxyl groups is 2. The van der Waals surface area contributed by atoms with Crippen molar-refractivity contribution in [3.05, 3.63) is 36.5 Å². The predicted octanol–water partition coefficient (Wildman–Crippen LogP) is 25.4. The first kappa shape index (κ1) is 83.1. The molecule has 6 nitrogen and oxygen atoms in total. The summed E-state index contributed by atoms with van der Waals surface area (Å²) in [7, 11) is 0. The lowest BCUT2D eigenvalue weighted by atomic mass is 10.0. The van der Waals surface area contributed by atoms with Crippen molar-refractivity contribution < 1.29 is 24.5 Å². The highest BCUT2D eigenvalue weighted by Gasteiger charge is 2.18. The van der Waals surface area contributed by atoms with Crippen LogP contribution in [0, 0.1) is 0 Å². The number of amides is 1. The summed E-state index contributed by atoms with van der Waals surface area (Å²) in [5.74, 6) is -0.0499. The Morgan fingerprint density at radius 2 is 0.612 bits per heavy atom. The number of unbranched alkanes of at least 4 members (excludes halogenated alkanes) is 58. The number of allylic oxidation sites excluding steroid dienone is 5. The topological polar surface area (TPSA) is 95.9 Å². The smallest absolute Gasteiger partial charge is 0.305 e. The molecular formula is C79H151NO5. The third-order valence-electron chi connectivity index (χ3n) is 18.1. The van der Waals surface area contributed by atoms with E-state index in [1.165, 1.54) is 353 Å². The van der Waals surface area contributed by atoms with Crippen LogP contribution >= 0.6 is 0 Å². The molecule has 6 heteroatoms. The molecule has 3 N–H and O–H groups in total. The first-order chi connectivity index (χ1) is 42.0. The Morgan fingerprint density at radius 3 is 0.941 bits per heavy atom. The lowest BCUT2D eigenvalue weighted by Gasteiger charge is -2.20. The lowest BCUT2D eigenvalue weighted by Crippen LogP contribution is -2.45. The molecule has 502 valence electrons. The average Bonchev–Trinajstić information content (AvgIpc) is 3.51. The zero-order valence-corrected chi connectivity index (χ0v) is 57.6. The molecule has 0 aliphatic rings. The number of esters is 1. The summed E-state index contributed by atoms with van der Waals surface area (Å²) >= 11 is 0. The quantitative estimate of drug-likeness (QED) is 0.0320. The van der Waals surface area contributed by atoms with E-state index in [1.807, 2.05) is 6.08 Å². The number of hydrogen-bond donors (Lipinski definition) is 3. The fourth-order valence-corrected chi connectivity index (χ4v) is 12.3. The van der Waals surface area contributed by atoms with Crippen LogP contribution in [0.25, 0.3) is 0 Å². The molecule has 0 fully saturated rings. The third kappa shape index (κ3) is 71.0. The molecule has 0 spiro atoms. The van der Waals surface area contributed by atoms with E-state index in [4.69, 9.17) is 4.74 Å². The van der Waals surface area contributed by atoms with Gasteiger partial charge in [0.2, 0.25) is 5.91 Å². The summed E-state index contributed by atoms with van der Waals surface area (Å²) in [5, 5.41) is 23.2. The summed E-state index contributed by atoms with van der Waals surface area (Å²) in [6.07, 6.45) is 97.1. The first-order valence-electron chi connectivity index (χ1n) is 38.8. The molecule has 2 unspecified atom stereocenters. The van der Waals surface area contributed by atoms with Crippen molar-refractivity contribution in [2.45, 2.75) is 443 Å². The van der Waals surface area contributed by atoms with Crippen molar-refractivity contribution in [1.82, 2.24) is 5.32 Å². The van der Waals surface area contributed by atoms with Crippen molar-refractivity contribution in [2.24, 2.45) is 0 Å². The SMILES string of the molecule is CCC/C=C\C/C=C\CCCCCCCC(=O)OCCCCCCCCCCCCCCCCCCCCCCCCCCCCCCCCCCCCCCCCCC(=O)NC(CO)C(O)/C=C/CCCCCCCCCCCCCCCC. The van der Waals surface area contributed by atoms with Gasteiger partial charge in [0.25, 0.3) is 0 Å². The van der Waals surface area contributed by atoms with Gasteiger partial charge in [-0.05, 0) is 57.8 Å². The van der Waals surface area contributed by atoms with E-state index in [0.717, 1.165) is 51.4 Å². The molecule has 0 aliphatic heterocycles. The Morgan fingerprint density at radius 1 is 0.329 bits per heavy atom. The van der Waals surface area contributed by atoms with Crippen LogP contribution in [0.5, 0.6) is 0 Å². The molecule has 0 rings (SSSR count). The Hall–Kier alpha value is -1.92. The number of rotatable bonds is 73. The molecule has 0 aromatic rings. The van der Waals surface area contributed by atoms with Crippen molar-refractivity contribution in [3.63, 3.8) is 0 Å². The van der Waals surface area contributed by atoms with Gasteiger partial charge in [-0.2, -0.15) is 0 Å². The number of hydrogen-bond acceptors (Lipinski definition) is 5. The second-order valence-electron chi connectivity index (χ2n) is 26.7. The summed E-state index contributed by atoms with van der Waals surface area (Å²) in [6, 6.07) is -0.623. The molecule has 0 saturated carbocycles. The highest BCUT2D eigenvalue weighted by atomic mass is 16.5. The van der Waals surface area contributed by atoms with Gasteiger partial charge in [0.05, 0.1) is 25.4 Å². The van der Waals surface area contributed by atoms with E-state index in [-0.39, 0.29) is 18.5 Å². The van der Waals surface area contributed by atoms with Crippen molar-refractivity contribution >= 4 is 11.9 Å². The standard InChI is InChI=1S/C79H151NO5/c1-3-5-7-9-11-13-15-17-18-44-48-51-55-59-63-67-71-77(82)76(75-81)80-78(83)72-68-64-60-56-52-49-45-42-40-38-36-34-32-30-28-26-24-22-20-19-21-23-25-27-29-31-33-35-37-39-41-43-46-50-54-58-62-66-70-74-85-79(84)73-69-65-61-57-53-47-16-14-12-10-8-6-4-2/h8,10,14,16,67,71,76-77,81-82H,3-7,9,11-13,15,17-66,68-70,72-75H2,1-2H3,(H,80,83)/b10-8-,16-14-,71-67+. The molecule has 0 aromatic carbocycles. The van der Waals surface area contributed by atoms with Crippen molar-refractivity contribution in [3.8, 4) is 0 Å². The monoisotopic (exact) mass is 1190 g/mol. The van der Waals surface area contributed by atoms with Crippen LogP contribution in [0.3, 0.4) is 0 Å². The lowest BCUT2D eigenvalue weighted by molar-refractivity contribution is -0.143. The number of carbonyl (C=O) groups is 2. The van der Waals surface area contributed by atoms with Gasteiger partial charge in [0.1, 0.15) is 0 Å². The Kier molecular flexibility index (Phi) is 72.9.